The Morgan fingerprint density at radius 2 is 2.07 bits per heavy atom. The number of ether oxygens (including phenoxy) is 2. The summed E-state index contributed by atoms with van der Waals surface area (Å²) in [5.74, 6) is 0. The Labute approximate surface area is 92.5 Å². The highest BCUT2D eigenvalue weighted by molar-refractivity contribution is 4.92. The standard InChI is InChI=1S/C12H23NO2/c1-3-15-10-7-9(8-10)13-11-5-4-6-12(11)14-2/h9-13H,3-8H2,1-2H3. The van der Waals surface area contributed by atoms with Crippen LogP contribution >= 0.6 is 0 Å². The van der Waals surface area contributed by atoms with Gasteiger partial charge in [-0.25, -0.2) is 0 Å². The highest BCUT2D eigenvalue weighted by atomic mass is 16.5. The van der Waals surface area contributed by atoms with Crippen molar-refractivity contribution in [3.8, 4) is 0 Å². The maximum Gasteiger partial charge on any atom is 0.0724 e. The van der Waals surface area contributed by atoms with Crippen molar-refractivity contribution in [2.24, 2.45) is 0 Å². The maximum absolute atomic E-state index is 5.55. The van der Waals surface area contributed by atoms with Crippen LogP contribution in [0.4, 0.5) is 0 Å². The molecule has 0 spiro atoms. The first-order valence-electron chi connectivity index (χ1n) is 6.24. The Kier molecular flexibility index (Phi) is 4.00. The van der Waals surface area contributed by atoms with Gasteiger partial charge in [-0.2, -0.15) is 0 Å². The molecule has 2 saturated carbocycles. The van der Waals surface area contributed by atoms with Gasteiger partial charge in [0.05, 0.1) is 12.2 Å². The molecule has 2 atom stereocenters. The van der Waals surface area contributed by atoms with Crippen LogP contribution in [-0.4, -0.2) is 38.0 Å². The van der Waals surface area contributed by atoms with Gasteiger partial charge in [0.1, 0.15) is 0 Å². The van der Waals surface area contributed by atoms with Crippen LogP contribution < -0.4 is 5.32 Å². The normalized spacial score (nSPS) is 40.4. The van der Waals surface area contributed by atoms with Gasteiger partial charge >= 0.3 is 0 Å². The van der Waals surface area contributed by atoms with Crippen LogP contribution in [0.2, 0.25) is 0 Å². The van der Waals surface area contributed by atoms with E-state index in [1.165, 1.54) is 32.1 Å². The molecule has 2 aliphatic carbocycles. The Morgan fingerprint density at radius 3 is 2.73 bits per heavy atom. The minimum absolute atomic E-state index is 0.441. The van der Waals surface area contributed by atoms with E-state index in [0.29, 0.717) is 24.3 Å². The van der Waals surface area contributed by atoms with E-state index in [0.717, 1.165) is 6.61 Å². The SMILES string of the molecule is CCOC1CC(NC2CCCC2OC)C1. The Morgan fingerprint density at radius 1 is 1.27 bits per heavy atom. The molecule has 0 aliphatic heterocycles. The third-order valence-corrected chi connectivity index (χ3v) is 3.70. The second-order valence-corrected chi connectivity index (χ2v) is 4.72. The van der Waals surface area contributed by atoms with Crippen molar-refractivity contribution in [2.75, 3.05) is 13.7 Å². The summed E-state index contributed by atoms with van der Waals surface area (Å²) in [5.41, 5.74) is 0. The quantitative estimate of drug-likeness (QED) is 0.754. The van der Waals surface area contributed by atoms with Crippen LogP contribution in [0, 0.1) is 0 Å². The Bertz CT molecular complexity index is 192. The lowest BCUT2D eigenvalue weighted by atomic mass is 9.88. The van der Waals surface area contributed by atoms with Crippen LogP contribution in [0.15, 0.2) is 0 Å². The van der Waals surface area contributed by atoms with Crippen molar-refractivity contribution in [3.05, 3.63) is 0 Å². The van der Waals surface area contributed by atoms with Crippen LogP contribution in [0.25, 0.3) is 0 Å². The Hall–Kier alpha value is -0.120. The van der Waals surface area contributed by atoms with Gasteiger partial charge in [0, 0.05) is 25.8 Å². The molecule has 2 fully saturated rings. The summed E-state index contributed by atoms with van der Waals surface area (Å²) in [6, 6.07) is 1.25. The average Bonchev–Trinajstić information content (AvgIpc) is 2.62. The fourth-order valence-electron chi connectivity index (χ4n) is 2.78. The number of nitrogens with one attached hydrogen (secondary N) is 1. The molecule has 0 bridgehead atoms. The van der Waals surface area contributed by atoms with Crippen LogP contribution in [0.3, 0.4) is 0 Å². The fourth-order valence-corrected chi connectivity index (χ4v) is 2.78. The second kappa shape index (κ2) is 5.28. The van der Waals surface area contributed by atoms with Crippen molar-refractivity contribution in [2.45, 2.75) is 63.3 Å². The van der Waals surface area contributed by atoms with Crippen LogP contribution in [-0.2, 0) is 9.47 Å². The predicted octanol–water partition coefficient (Wildman–Crippen LogP) is 1.71. The van der Waals surface area contributed by atoms with Crippen molar-refractivity contribution < 1.29 is 9.47 Å². The van der Waals surface area contributed by atoms with Crippen molar-refractivity contribution in [3.63, 3.8) is 0 Å². The molecule has 0 aromatic heterocycles. The minimum atomic E-state index is 0.441. The van der Waals surface area contributed by atoms with E-state index in [2.05, 4.69) is 12.2 Å². The van der Waals surface area contributed by atoms with Crippen molar-refractivity contribution >= 4 is 0 Å². The molecule has 0 amide bonds. The monoisotopic (exact) mass is 213 g/mol. The van der Waals surface area contributed by atoms with Crippen LogP contribution in [0.1, 0.15) is 39.0 Å². The number of rotatable bonds is 5. The van der Waals surface area contributed by atoms with E-state index in [-0.39, 0.29) is 0 Å². The highest BCUT2D eigenvalue weighted by Crippen LogP contribution is 2.28. The lowest BCUT2D eigenvalue weighted by molar-refractivity contribution is -0.0182. The molecule has 0 aromatic carbocycles. The maximum atomic E-state index is 5.55. The third kappa shape index (κ3) is 2.71. The summed E-state index contributed by atoms with van der Waals surface area (Å²) in [6.45, 7) is 2.92. The highest BCUT2D eigenvalue weighted by Gasteiger charge is 2.34. The van der Waals surface area contributed by atoms with Gasteiger partial charge in [-0.05, 0) is 39.0 Å². The summed E-state index contributed by atoms with van der Waals surface area (Å²) in [7, 11) is 1.83. The lowest BCUT2D eigenvalue weighted by Gasteiger charge is -2.38. The Balaban J connectivity index is 1.66. The van der Waals surface area contributed by atoms with Gasteiger partial charge in [0.2, 0.25) is 0 Å². The van der Waals surface area contributed by atoms with Gasteiger partial charge < -0.3 is 14.8 Å². The number of hydrogen-bond donors (Lipinski definition) is 1. The number of methoxy groups -OCH3 is 1. The largest absolute Gasteiger partial charge is 0.380 e. The van der Waals surface area contributed by atoms with E-state index in [9.17, 15) is 0 Å². The van der Waals surface area contributed by atoms with Crippen molar-refractivity contribution in [1.82, 2.24) is 5.32 Å². The molecule has 15 heavy (non-hydrogen) atoms. The predicted molar refractivity (Wildman–Crippen MR) is 60.0 cm³/mol. The van der Waals surface area contributed by atoms with Gasteiger partial charge in [-0.15, -0.1) is 0 Å². The van der Waals surface area contributed by atoms with E-state index < -0.39 is 0 Å². The van der Waals surface area contributed by atoms with Gasteiger partial charge in [-0.3, -0.25) is 0 Å². The molecule has 3 nitrogen and oxygen atoms in total. The van der Waals surface area contributed by atoms with E-state index >= 15 is 0 Å². The van der Waals surface area contributed by atoms with E-state index in [4.69, 9.17) is 9.47 Å². The molecular weight excluding hydrogens is 190 g/mol. The third-order valence-electron chi connectivity index (χ3n) is 3.70. The molecule has 0 heterocycles. The molecule has 2 rings (SSSR count). The van der Waals surface area contributed by atoms with Crippen molar-refractivity contribution in [1.29, 1.82) is 0 Å². The summed E-state index contributed by atoms with van der Waals surface area (Å²) >= 11 is 0. The first-order chi connectivity index (χ1) is 7.33. The van der Waals surface area contributed by atoms with Gasteiger partial charge in [0.15, 0.2) is 0 Å². The van der Waals surface area contributed by atoms with E-state index in [1.54, 1.807) is 0 Å². The van der Waals surface area contributed by atoms with Crippen LogP contribution in [0.5, 0.6) is 0 Å². The zero-order valence-electron chi connectivity index (χ0n) is 9.87. The second-order valence-electron chi connectivity index (χ2n) is 4.72. The first kappa shape index (κ1) is 11.4. The van der Waals surface area contributed by atoms with E-state index in [1.807, 2.05) is 7.11 Å². The molecule has 0 radical (unpaired) electrons. The molecule has 3 heteroatoms. The molecule has 1 N–H and O–H groups in total. The topological polar surface area (TPSA) is 30.5 Å². The fraction of sp³-hybridized carbons (Fsp3) is 1.00. The smallest absolute Gasteiger partial charge is 0.0724 e. The zero-order chi connectivity index (χ0) is 10.7. The molecule has 2 unspecified atom stereocenters. The number of hydrogen-bond acceptors (Lipinski definition) is 3. The van der Waals surface area contributed by atoms with Gasteiger partial charge in [-0.1, -0.05) is 0 Å². The molecule has 2 aliphatic rings. The summed E-state index contributed by atoms with van der Waals surface area (Å²) < 4.78 is 11.0. The average molecular weight is 213 g/mol. The summed E-state index contributed by atoms with van der Waals surface area (Å²) in [4.78, 5) is 0. The molecule has 88 valence electrons. The minimum Gasteiger partial charge on any atom is -0.380 e. The summed E-state index contributed by atoms with van der Waals surface area (Å²) in [5, 5.41) is 3.70. The lowest BCUT2D eigenvalue weighted by Crippen LogP contribution is -2.51. The molecular formula is C12H23NO2. The first-order valence-corrected chi connectivity index (χ1v) is 6.24. The zero-order valence-corrected chi connectivity index (χ0v) is 9.87. The molecule has 0 aromatic rings. The van der Waals surface area contributed by atoms with Gasteiger partial charge in [0.25, 0.3) is 0 Å². The summed E-state index contributed by atoms with van der Waals surface area (Å²) in [6.07, 6.45) is 7.11. The molecule has 0 saturated heterocycles.